The van der Waals surface area contributed by atoms with E-state index in [4.69, 9.17) is 4.74 Å². The van der Waals surface area contributed by atoms with Crippen LogP contribution in [0.2, 0.25) is 0 Å². The SMILES string of the molecule is CCn1ccc(C(=O)Nc2cc(Oc3ccc4nc(NC(=O)C5CC5)cn4n3)ccc2F)n1. The maximum Gasteiger partial charge on any atom is 0.276 e. The van der Waals surface area contributed by atoms with Crippen molar-refractivity contribution in [3.05, 3.63) is 60.3 Å². The van der Waals surface area contributed by atoms with E-state index < -0.39 is 11.7 Å². The van der Waals surface area contributed by atoms with Gasteiger partial charge in [-0.1, -0.05) is 0 Å². The van der Waals surface area contributed by atoms with Crippen molar-refractivity contribution < 1.29 is 18.7 Å². The van der Waals surface area contributed by atoms with E-state index in [2.05, 4.69) is 25.8 Å². The molecule has 2 amide bonds. The van der Waals surface area contributed by atoms with Crippen molar-refractivity contribution in [2.45, 2.75) is 26.3 Å². The second-order valence-corrected chi connectivity index (χ2v) is 7.62. The number of carbonyl (C=O) groups excluding carboxylic acids is 2. The van der Waals surface area contributed by atoms with Gasteiger partial charge in [-0.05, 0) is 44.0 Å². The zero-order valence-electron chi connectivity index (χ0n) is 17.7. The Morgan fingerprint density at radius 3 is 2.76 bits per heavy atom. The van der Waals surface area contributed by atoms with Gasteiger partial charge in [0, 0.05) is 30.8 Å². The summed E-state index contributed by atoms with van der Waals surface area (Å²) >= 11 is 0. The summed E-state index contributed by atoms with van der Waals surface area (Å²) in [5.41, 5.74) is 0.670. The molecule has 1 aliphatic carbocycles. The first kappa shape index (κ1) is 20.6. The molecule has 1 aromatic carbocycles. The molecule has 3 heterocycles. The molecule has 0 bridgehead atoms. The molecule has 1 fully saturated rings. The zero-order chi connectivity index (χ0) is 22.9. The molecule has 168 valence electrons. The molecular formula is C22H20FN7O3. The number of anilines is 2. The molecule has 0 unspecified atom stereocenters. The fourth-order valence-electron chi connectivity index (χ4n) is 3.18. The van der Waals surface area contributed by atoms with Gasteiger partial charge in [-0.25, -0.2) is 13.9 Å². The van der Waals surface area contributed by atoms with Crippen molar-refractivity contribution in [1.82, 2.24) is 24.4 Å². The van der Waals surface area contributed by atoms with Crippen LogP contribution < -0.4 is 15.4 Å². The van der Waals surface area contributed by atoms with Crippen LogP contribution in [-0.2, 0) is 11.3 Å². The predicted octanol–water partition coefficient (Wildman–Crippen LogP) is 3.48. The minimum absolute atomic E-state index is 0.0441. The summed E-state index contributed by atoms with van der Waals surface area (Å²) in [6.07, 6.45) is 5.06. The molecule has 0 atom stereocenters. The highest BCUT2D eigenvalue weighted by molar-refractivity contribution is 6.03. The van der Waals surface area contributed by atoms with E-state index >= 15 is 0 Å². The van der Waals surface area contributed by atoms with Crippen LogP contribution in [-0.4, -0.2) is 36.2 Å². The lowest BCUT2D eigenvalue weighted by molar-refractivity contribution is -0.117. The quantitative estimate of drug-likeness (QED) is 0.446. The van der Waals surface area contributed by atoms with Crippen LogP contribution in [0.15, 0.2) is 48.8 Å². The molecule has 0 aliphatic heterocycles. The van der Waals surface area contributed by atoms with E-state index in [0.717, 1.165) is 12.8 Å². The average molecular weight is 449 g/mol. The van der Waals surface area contributed by atoms with E-state index in [0.29, 0.717) is 18.0 Å². The Morgan fingerprint density at radius 1 is 1.15 bits per heavy atom. The fourth-order valence-corrected chi connectivity index (χ4v) is 3.18. The first-order chi connectivity index (χ1) is 16.0. The number of benzene rings is 1. The number of fused-ring (bicyclic) bond motifs is 1. The van der Waals surface area contributed by atoms with Crippen LogP contribution in [0.5, 0.6) is 11.6 Å². The minimum atomic E-state index is -0.611. The normalized spacial score (nSPS) is 13.2. The second kappa shape index (κ2) is 8.34. The monoisotopic (exact) mass is 449 g/mol. The number of carbonyl (C=O) groups is 2. The van der Waals surface area contributed by atoms with Gasteiger partial charge < -0.3 is 15.4 Å². The first-order valence-corrected chi connectivity index (χ1v) is 10.5. The number of hydrogen-bond acceptors (Lipinski definition) is 6. The Bertz CT molecular complexity index is 1360. The lowest BCUT2D eigenvalue weighted by Gasteiger charge is -2.09. The minimum Gasteiger partial charge on any atom is -0.438 e. The van der Waals surface area contributed by atoms with E-state index in [9.17, 15) is 14.0 Å². The van der Waals surface area contributed by atoms with Crippen molar-refractivity contribution in [2.75, 3.05) is 10.6 Å². The second-order valence-electron chi connectivity index (χ2n) is 7.62. The van der Waals surface area contributed by atoms with Gasteiger partial charge in [0.2, 0.25) is 11.8 Å². The van der Waals surface area contributed by atoms with Crippen LogP contribution in [0.1, 0.15) is 30.3 Å². The topological polar surface area (TPSA) is 115 Å². The van der Waals surface area contributed by atoms with Gasteiger partial charge in [-0.2, -0.15) is 5.10 Å². The maximum atomic E-state index is 14.3. The van der Waals surface area contributed by atoms with Crippen molar-refractivity contribution in [2.24, 2.45) is 5.92 Å². The van der Waals surface area contributed by atoms with Gasteiger partial charge in [-0.3, -0.25) is 14.3 Å². The smallest absolute Gasteiger partial charge is 0.276 e. The number of nitrogens with zero attached hydrogens (tertiary/aromatic N) is 5. The van der Waals surface area contributed by atoms with Gasteiger partial charge in [0.05, 0.1) is 11.9 Å². The van der Waals surface area contributed by atoms with E-state index in [1.54, 1.807) is 35.3 Å². The Kier molecular flexibility index (Phi) is 5.21. The van der Waals surface area contributed by atoms with Crippen LogP contribution in [0.3, 0.4) is 0 Å². The van der Waals surface area contributed by atoms with Gasteiger partial charge >= 0.3 is 0 Å². The van der Waals surface area contributed by atoms with Gasteiger partial charge in [-0.15, -0.1) is 5.10 Å². The standard InChI is InChI=1S/C22H20FN7O3/c1-2-29-10-9-16(27-29)22(32)24-17-11-14(5-6-15(17)23)33-20-8-7-19-25-18(12-30(19)28-20)26-21(31)13-3-4-13/h5-13H,2-4H2,1H3,(H,24,32)(H,26,31). The van der Waals surface area contributed by atoms with E-state index in [1.807, 2.05) is 6.92 Å². The number of hydrogen-bond donors (Lipinski definition) is 2. The third-order valence-electron chi connectivity index (χ3n) is 5.10. The van der Waals surface area contributed by atoms with Crippen LogP contribution >= 0.6 is 0 Å². The summed E-state index contributed by atoms with van der Waals surface area (Å²) in [5.74, 6) is -0.203. The highest BCUT2D eigenvalue weighted by atomic mass is 19.1. The zero-order valence-corrected chi connectivity index (χ0v) is 17.7. The maximum absolute atomic E-state index is 14.3. The predicted molar refractivity (Wildman–Crippen MR) is 117 cm³/mol. The van der Waals surface area contributed by atoms with Crippen molar-refractivity contribution in [3.8, 4) is 11.6 Å². The third kappa shape index (κ3) is 4.52. The summed E-state index contributed by atoms with van der Waals surface area (Å²) in [5, 5.41) is 13.7. The summed E-state index contributed by atoms with van der Waals surface area (Å²) in [4.78, 5) is 28.6. The summed E-state index contributed by atoms with van der Waals surface area (Å²) in [6, 6.07) is 8.84. The summed E-state index contributed by atoms with van der Waals surface area (Å²) in [7, 11) is 0. The number of halogens is 1. The Labute approximate surface area is 187 Å². The fraction of sp³-hybridized carbons (Fsp3) is 0.227. The Hall–Kier alpha value is -4.28. The number of amides is 2. The summed E-state index contributed by atoms with van der Waals surface area (Å²) in [6.45, 7) is 2.52. The molecule has 0 spiro atoms. The molecular weight excluding hydrogens is 429 g/mol. The third-order valence-corrected chi connectivity index (χ3v) is 5.10. The van der Waals surface area contributed by atoms with Gasteiger partial charge in [0.1, 0.15) is 11.6 Å². The Balaban J connectivity index is 1.31. The molecule has 33 heavy (non-hydrogen) atoms. The van der Waals surface area contributed by atoms with Crippen molar-refractivity contribution >= 4 is 29.0 Å². The number of aryl methyl sites for hydroxylation is 1. The van der Waals surface area contributed by atoms with Gasteiger partial charge in [0.25, 0.3) is 5.91 Å². The molecule has 4 aromatic rings. The molecule has 2 N–H and O–H groups in total. The highest BCUT2D eigenvalue weighted by Gasteiger charge is 2.30. The van der Waals surface area contributed by atoms with Crippen LogP contribution in [0.25, 0.3) is 5.65 Å². The molecule has 11 heteroatoms. The van der Waals surface area contributed by atoms with Crippen molar-refractivity contribution in [3.63, 3.8) is 0 Å². The lowest BCUT2D eigenvalue weighted by atomic mass is 10.2. The van der Waals surface area contributed by atoms with Gasteiger partial charge in [0.15, 0.2) is 17.2 Å². The molecule has 0 saturated heterocycles. The number of rotatable bonds is 7. The largest absolute Gasteiger partial charge is 0.438 e. The average Bonchev–Trinajstić information content (AvgIpc) is 3.41. The van der Waals surface area contributed by atoms with E-state index in [-0.39, 0.29) is 34.8 Å². The van der Waals surface area contributed by atoms with Crippen molar-refractivity contribution in [1.29, 1.82) is 0 Å². The molecule has 3 aromatic heterocycles. The number of imidazole rings is 1. The van der Waals surface area contributed by atoms with E-state index in [1.165, 1.54) is 22.7 Å². The van der Waals surface area contributed by atoms with Crippen LogP contribution in [0, 0.1) is 11.7 Å². The summed E-state index contributed by atoms with van der Waals surface area (Å²) < 4.78 is 23.1. The highest BCUT2D eigenvalue weighted by Crippen LogP contribution is 2.30. The molecule has 0 radical (unpaired) electrons. The Morgan fingerprint density at radius 2 is 2.00 bits per heavy atom. The first-order valence-electron chi connectivity index (χ1n) is 10.5. The molecule has 1 saturated carbocycles. The number of aromatic nitrogens is 5. The molecule has 1 aliphatic rings. The lowest BCUT2D eigenvalue weighted by Crippen LogP contribution is -2.14. The number of nitrogens with one attached hydrogen (secondary N) is 2. The molecule has 10 nitrogen and oxygen atoms in total. The van der Waals surface area contributed by atoms with Crippen LogP contribution in [0.4, 0.5) is 15.9 Å². The number of ether oxygens (including phenoxy) is 1. The molecule has 5 rings (SSSR count).